The largest absolute Gasteiger partial charge is 0.492 e. The Kier molecular flexibility index (Phi) is 5.03. The molecule has 0 unspecified atom stereocenters. The number of benzene rings is 2. The number of anilines is 2. The van der Waals surface area contributed by atoms with Crippen molar-refractivity contribution in [3.63, 3.8) is 0 Å². The highest BCUT2D eigenvalue weighted by Gasteiger charge is 2.09. The zero-order chi connectivity index (χ0) is 15.2. The molecular formula is C15H16ClN3O2. The van der Waals surface area contributed by atoms with Crippen LogP contribution in [0.5, 0.6) is 5.75 Å². The van der Waals surface area contributed by atoms with Gasteiger partial charge < -0.3 is 21.5 Å². The number of hydrogen-bond donors (Lipinski definition) is 3. The molecular weight excluding hydrogens is 290 g/mol. The van der Waals surface area contributed by atoms with Crippen molar-refractivity contribution in [2.45, 2.75) is 0 Å². The third kappa shape index (κ3) is 4.11. The lowest BCUT2D eigenvalue weighted by Gasteiger charge is -2.11. The van der Waals surface area contributed by atoms with Gasteiger partial charge in [-0.2, -0.15) is 0 Å². The lowest BCUT2D eigenvalue weighted by atomic mass is 10.1. The first-order valence-electron chi connectivity index (χ1n) is 6.39. The average molecular weight is 306 g/mol. The van der Waals surface area contributed by atoms with Crippen molar-refractivity contribution in [3.8, 4) is 5.75 Å². The number of halogens is 1. The van der Waals surface area contributed by atoms with E-state index in [0.717, 1.165) is 11.4 Å². The number of rotatable bonds is 6. The molecule has 0 spiro atoms. The van der Waals surface area contributed by atoms with Crippen LogP contribution in [0.2, 0.25) is 5.02 Å². The van der Waals surface area contributed by atoms with Gasteiger partial charge >= 0.3 is 0 Å². The summed E-state index contributed by atoms with van der Waals surface area (Å²) in [6, 6.07) is 12.1. The van der Waals surface area contributed by atoms with Crippen molar-refractivity contribution in [1.82, 2.24) is 0 Å². The Labute approximate surface area is 127 Å². The maximum atomic E-state index is 11.4. The Morgan fingerprint density at radius 3 is 2.52 bits per heavy atom. The second-order valence-corrected chi connectivity index (χ2v) is 4.78. The van der Waals surface area contributed by atoms with Crippen LogP contribution in [0.15, 0.2) is 42.5 Å². The van der Waals surface area contributed by atoms with Crippen LogP contribution in [0.1, 0.15) is 10.4 Å². The predicted octanol–water partition coefficient (Wildman–Crippen LogP) is 2.52. The molecule has 0 aromatic heterocycles. The summed E-state index contributed by atoms with van der Waals surface area (Å²) >= 11 is 5.95. The molecule has 2 aromatic rings. The first kappa shape index (κ1) is 15.2. The number of nitrogens with one attached hydrogen (secondary N) is 1. The van der Waals surface area contributed by atoms with Gasteiger partial charge in [-0.05, 0) is 42.5 Å². The first-order chi connectivity index (χ1) is 10.1. The van der Waals surface area contributed by atoms with Crippen molar-refractivity contribution in [1.29, 1.82) is 0 Å². The minimum Gasteiger partial charge on any atom is -0.492 e. The number of carbonyl (C=O) groups is 1. The fourth-order valence-electron chi connectivity index (χ4n) is 1.80. The quantitative estimate of drug-likeness (QED) is 0.765. The van der Waals surface area contributed by atoms with Crippen LogP contribution < -0.4 is 21.5 Å². The lowest BCUT2D eigenvalue weighted by molar-refractivity contribution is 0.100. The van der Waals surface area contributed by atoms with Crippen molar-refractivity contribution in [3.05, 3.63) is 53.1 Å². The average Bonchev–Trinajstić information content (AvgIpc) is 2.46. The highest BCUT2D eigenvalue weighted by Crippen LogP contribution is 2.25. The summed E-state index contributed by atoms with van der Waals surface area (Å²) in [5.74, 6) is 0.212. The van der Waals surface area contributed by atoms with E-state index >= 15 is 0 Å². The van der Waals surface area contributed by atoms with Gasteiger partial charge in [0.1, 0.15) is 12.4 Å². The summed E-state index contributed by atoms with van der Waals surface area (Å²) in [6.45, 7) is 0.928. The third-order valence-corrected chi connectivity index (χ3v) is 3.00. The number of nitrogens with two attached hydrogens (primary N) is 2. The zero-order valence-electron chi connectivity index (χ0n) is 11.3. The van der Waals surface area contributed by atoms with E-state index in [9.17, 15) is 4.79 Å². The van der Waals surface area contributed by atoms with Crippen LogP contribution in [-0.4, -0.2) is 19.1 Å². The van der Waals surface area contributed by atoms with Gasteiger partial charge in [-0.1, -0.05) is 11.6 Å². The molecule has 110 valence electrons. The van der Waals surface area contributed by atoms with Gasteiger partial charge in [0, 0.05) is 17.3 Å². The van der Waals surface area contributed by atoms with Crippen molar-refractivity contribution < 1.29 is 9.53 Å². The number of amides is 1. The Bertz CT molecular complexity index is 629. The van der Waals surface area contributed by atoms with Crippen LogP contribution in [0, 0.1) is 0 Å². The summed E-state index contributed by atoms with van der Waals surface area (Å²) in [7, 11) is 0. The Balaban J connectivity index is 2.18. The van der Waals surface area contributed by atoms with E-state index in [1.807, 2.05) is 24.3 Å². The molecule has 0 radical (unpaired) electrons. The van der Waals surface area contributed by atoms with Gasteiger partial charge in [-0.15, -0.1) is 0 Å². The molecule has 1 amide bonds. The Hall–Kier alpha value is -2.24. The Morgan fingerprint density at radius 2 is 1.90 bits per heavy atom. The molecule has 2 aromatic carbocycles. The zero-order valence-corrected chi connectivity index (χ0v) is 12.1. The number of primary amides is 1. The second-order valence-electron chi connectivity index (χ2n) is 4.34. The van der Waals surface area contributed by atoms with E-state index in [-0.39, 0.29) is 0 Å². The summed E-state index contributed by atoms with van der Waals surface area (Å²) < 4.78 is 5.39. The van der Waals surface area contributed by atoms with Gasteiger partial charge in [-0.25, -0.2) is 0 Å². The molecule has 6 heteroatoms. The van der Waals surface area contributed by atoms with E-state index in [2.05, 4.69) is 5.32 Å². The predicted molar refractivity (Wildman–Crippen MR) is 84.2 cm³/mol. The van der Waals surface area contributed by atoms with E-state index in [1.165, 1.54) is 0 Å². The maximum absolute atomic E-state index is 11.4. The SMILES string of the molecule is NCCOc1ccc(Nc2cc(Cl)ccc2C(N)=O)cc1. The van der Waals surface area contributed by atoms with Gasteiger partial charge in [0.05, 0.1) is 11.3 Å². The van der Waals surface area contributed by atoms with Gasteiger partial charge in [0.2, 0.25) is 0 Å². The minimum absolute atomic E-state index is 0.378. The molecule has 5 N–H and O–H groups in total. The minimum atomic E-state index is -0.517. The molecule has 0 saturated carbocycles. The second kappa shape index (κ2) is 6.97. The van der Waals surface area contributed by atoms with Crippen molar-refractivity contribution in [2.24, 2.45) is 11.5 Å². The molecule has 0 bridgehead atoms. The molecule has 2 rings (SSSR count). The molecule has 0 aliphatic rings. The van der Waals surface area contributed by atoms with Crippen LogP contribution in [-0.2, 0) is 0 Å². The van der Waals surface area contributed by atoms with Crippen LogP contribution in [0.3, 0.4) is 0 Å². The molecule has 0 aliphatic heterocycles. The fraction of sp³-hybridized carbons (Fsp3) is 0.133. The molecule has 21 heavy (non-hydrogen) atoms. The molecule has 0 heterocycles. The van der Waals surface area contributed by atoms with E-state index in [4.69, 9.17) is 27.8 Å². The first-order valence-corrected chi connectivity index (χ1v) is 6.77. The van der Waals surface area contributed by atoms with Gasteiger partial charge in [-0.3, -0.25) is 4.79 Å². The topological polar surface area (TPSA) is 90.4 Å². The van der Waals surface area contributed by atoms with Gasteiger partial charge in [0.25, 0.3) is 5.91 Å². The van der Waals surface area contributed by atoms with E-state index in [1.54, 1.807) is 18.2 Å². The summed E-state index contributed by atoms with van der Waals surface area (Å²) in [5, 5.41) is 3.63. The number of carbonyl (C=O) groups excluding carboxylic acids is 1. The molecule has 5 nitrogen and oxygen atoms in total. The maximum Gasteiger partial charge on any atom is 0.250 e. The fourth-order valence-corrected chi connectivity index (χ4v) is 1.97. The third-order valence-electron chi connectivity index (χ3n) is 2.77. The molecule has 0 saturated heterocycles. The van der Waals surface area contributed by atoms with Crippen LogP contribution in [0.25, 0.3) is 0 Å². The van der Waals surface area contributed by atoms with Crippen molar-refractivity contribution >= 4 is 28.9 Å². The highest BCUT2D eigenvalue weighted by atomic mass is 35.5. The molecule has 0 fully saturated rings. The highest BCUT2D eigenvalue weighted by molar-refractivity contribution is 6.31. The summed E-state index contributed by atoms with van der Waals surface area (Å²) in [5.41, 5.74) is 12.4. The van der Waals surface area contributed by atoms with Gasteiger partial charge in [0.15, 0.2) is 0 Å². The van der Waals surface area contributed by atoms with E-state index < -0.39 is 5.91 Å². The van der Waals surface area contributed by atoms with Crippen LogP contribution >= 0.6 is 11.6 Å². The smallest absolute Gasteiger partial charge is 0.250 e. The molecule has 0 aliphatic carbocycles. The standard InChI is InChI=1S/C15H16ClN3O2/c16-10-1-6-13(15(18)20)14(9-10)19-11-2-4-12(5-3-11)21-8-7-17/h1-6,9,19H,7-8,17H2,(H2,18,20). The summed E-state index contributed by atoms with van der Waals surface area (Å²) in [4.78, 5) is 11.4. The summed E-state index contributed by atoms with van der Waals surface area (Å²) in [6.07, 6.45) is 0. The normalized spacial score (nSPS) is 10.2. The number of hydrogen-bond acceptors (Lipinski definition) is 4. The monoisotopic (exact) mass is 305 g/mol. The lowest BCUT2D eigenvalue weighted by Crippen LogP contribution is -2.13. The Morgan fingerprint density at radius 1 is 1.19 bits per heavy atom. The van der Waals surface area contributed by atoms with Crippen molar-refractivity contribution in [2.75, 3.05) is 18.5 Å². The molecule has 0 atom stereocenters. The van der Waals surface area contributed by atoms with Crippen LogP contribution in [0.4, 0.5) is 11.4 Å². The number of ether oxygens (including phenoxy) is 1. The van der Waals surface area contributed by atoms with E-state index in [0.29, 0.717) is 29.4 Å².